The summed E-state index contributed by atoms with van der Waals surface area (Å²) < 4.78 is 0. The van der Waals surface area contributed by atoms with Gasteiger partial charge < -0.3 is 10.4 Å². The maximum Gasteiger partial charge on any atom is 0.337 e. The van der Waals surface area contributed by atoms with Crippen LogP contribution in [0.5, 0.6) is 0 Å². The van der Waals surface area contributed by atoms with Crippen LogP contribution in [0, 0.1) is 0 Å². The van der Waals surface area contributed by atoms with Gasteiger partial charge in [0.15, 0.2) is 0 Å². The molecule has 1 aromatic rings. The number of rotatable bonds is 4. The number of anilines is 1. The highest BCUT2D eigenvalue weighted by Crippen LogP contribution is 2.12. The van der Waals surface area contributed by atoms with E-state index in [9.17, 15) is 4.79 Å². The SMILES string of the molecule is CC=CC(C(=O)O)=C(C)Nc1ccccc1. The van der Waals surface area contributed by atoms with Gasteiger partial charge in [-0.15, -0.1) is 0 Å². The Hall–Kier alpha value is -2.03. The third kappa shape index (κ3) is 3.28. The molecule has 3 nitrogen and oxygen atoms in total. The number of para-hydroxylation sites is 1. The van der Waals surface area contributed by atoms with Crippen LogP contribution in [0.15, 0.2) is 53.8 Å². The number of allylic oxidation sites excluding steroid dienone is 2. The fourth-order valence-corrected chi connectivity index (χ4v) is 1.33. The van der Waals surface area contributed by atoms with Crippen molar-refractivity contribution in [2.45, 2.75) is 13.8 Å². The van der Waals surface area contributed by atoms with Crippen LogP contribution >= 0.6 is 0 Å². The van der Waals surface area contributed by atoms with Gasteiger partial charge in [0, 0.05) is 11.4 Å². The highest BCUT2D eigenvalue weighted by Gasteiger charge is 2.07. The third-order valence-corrected chi connectivity index (χ3v) is 2.07. The zero-order valence-corrected chi connectivity index (χ0v) is 9.40. The summed E-state index contributed by atoms with van der Waals surface area (Å²) in [6, 6.07) is 9.48. The molecule has 1 aromatic carbocycles. The van der Waals surface area contributed by atoms with E-state index in [4.69, 9.17) is 5.11 Å². The van der Waals surface area contributed by atoms with Crippen molar-refractivity contribution >= 4 is 11.7 Å². The highest BCUT2D eigenvalue weighted by molar-refractivity contribution is 5.91. The minimum absolute atomic E-state index is 0.270. The van der Waals surface area contributed by atoms with Gasteiger partial charge in [0.05, 0.1) is 5.57 Å². The molecule has 0 aromatic heterocycles. The van der Waals surface area contributed by atoms with Gasteiger partial charge in [-0.25, -0.2) is 4.79 Å². The lowest BCUT2D eigenvalue weighted by Gasteiger charge is -2.08. The van der Waals surface area contributed by atoms with E-state index in [0.29, 0.717) is 5.70 Å². The van der Waals surface area contributed by atoms with Gasteiger partial charge in [-0.3, -0.25) is 0 Å². The van der Waals surface area contributed by atoms with Gasteiger partial charge >= 0.3 is 5.97 Å². The Labute approximate surface area is 95.1 Å². The van der Waals surface area contributed by atoms with Gasteiger partial charge in [-0.05, 0) is 26.0 Å². The molecule has 0 aliphatic carbocycles. The largest absolute Gasteiger partial charge is 0.478 e. The second kappa shape index (κ2) is 5.75. The molecule has 84 valence electrons. The Kier molecular flexibility index (Phi) is 4.33. The summed E-state index contributed by atoms with van der Waals surface area (Å²) in [5.41, 5.74) is 1.77. The molecule has 0 heterocycles. The maximum absolute atomic E-state index is 11.0. The first-order valence-electron chi connectivity index (χ1n) is 5.04. The standard InChI is InChI=1S/C13H15NO2/c1-3-7-12(13(15)16)10(2)14-11-8-5-4-6-9-11/h3-9,14H,1-2H3,(H,15,16). The zero-order chi connectivity index (χ0) is 12.0. The van der Waals surface area contributed by atoms with Crippen molar-refractivity contribution in [3.8, 4) is 0 Å². The summed E-state index contributed by atoms with van der Waals surface area (Å²) in [5, 5.41) is 12.1. The molecular formula is C13H15NO2. The maximum atomic E-state index is 11.0. The number of hydrogen-bond donors (Lipinski definition) is 2. The van der Waals surface area contributed by atoms with Gasteiger partial charge in [0.25, 0.3) is 0 Å². The third-order valence-electron chi connectivity index (χ3n) is 2.07. The summed E-state index contributed by atoms with van der Waals surface area (Å²) in [6.45, 7) is 3.54. The van der Waals surface area contributed by atoms with E-state index >= 15 is 0 Å². The molecule has 3 heteroatoms. The molecule has 0 fully saturated rings. The van der Waals surface area contributed by atoms with E-state index in [1.54, 1.807) is 26.0 Å². The quantitative estimate of drug-likeness (QED) is 0.602. The molecule has 0 saturated heterocycles. The first-order chi connectivity index (χ1) is 7.65. The summed E-state index contributed by atoms with van der Waals surface area (Å²) in [6.07, 6.45) is 3.28. The number of carbonyl (C=O) groups is 1. The van der Waals surface area contributed by atoms with Crippen LogP contribution in [0.1, 0.15) is 13.8 Å². The Balaban J connectivity index is 2.94. The molecule has 0 aliphatic heterocycles. The molecule has 0 saturated carbocycles. The lowest BCUT2D eigenvalue weighted by atomic mass is 10.2. The second-order valence-corrected chi connectivity index (χ2v) is 3.33. The van der Waals surface area contributed by atoms with Crippen molar-refractivity contribution in [1.29, 1.82) is 0 Å². The fraction of sp³-hybridized carbons (Fsp3) is 0.154. The van der Waals surface area contributed by atoms with E-state index in [1.807, 2.05) is 30.3 Å². The van der Waals surface area contributed by atoms with Crippen LogP contribution in [0.3, 0.4) is 0 Å². The number of benzene rings is 1. The average Bonchev–Trinajstić information content (AvgIpc) is 2.26. The molecule has 16 heavy (non-hydrogen) atoms. The first-order valence-corrected chi connectivity index (χ1v) is 5.04. The van der Waals surface area contributed by atoms with E-state index in [2.05, 4.69) is 5.32 Å². The summed E-state index contributed by atoms with van der Waals surface area (Å²) >= 11 is 0. The lowest BCUT2D eigenvalue weighted by molar-refractivity contribution is -0.132. The fourth-order valence-electron chi connectivity index (χ4n) is 1.33. The van der Waals surface area contributed by atoms with Crippen LogP contribution in [-0.2, 0) is 4.79 Å². The van der Waals surface area contributed by atoms with Crippen LogP contribution < -0.4 is 5.32 Å². The van der Waals surface area contributed by atoms with E-state index in [0.717, 1.165) is 5.69 Å². The minimum Gasteiger partial charge on any atom is -0.478 e. The van der Waals surface area contributed by atoms with Gasteiger partial charge in [-0.2, -0.15) is 0 Å². The topological polar surface area (TPSA) is 49.3 Å². The van der Waals surface area contributed by atoms with E-state index in [1.165, 1.54) is 0 Å². The number of carboxylic acids is 1. The van der Waals surface area contributed by atoms with E-state index < -0.39 is 5.97 Å². The Morgan fingerprint density at radius 2 is 1.94 bits per heavy atom. The monoisotopic (exact) mass is 217 g/mol. The number of aliphatic carboxylic acids is 1. The molecule has 0 amide bonds. The van der Waals surface area contributed by atoms with Crippen LogP contribution in [-0.4, -0.2) is 11.1 Å². The smallest absolute Gasteiger partial charge is 0.337 e. The van der Waals surface area contributed by atoms with Gasteiger partial charge in [0.1, 0.15) is 0 Å². The first kappa shape index (κ1) is 12.0. The minimum atomic E-state index is -0.931. The van der Waals surface area contributed by atoms with Crippen LogP contribution in [0.25, 0.3) is 0 Å². The molecular weight excluding hydrogens is 202 g/mol. The molecule has 2 N–H and O–H groups in total. The Morgan fingerprint density at radius 1 is 1.31 bits per heavy atom. The highest BCUT2D eigenvalue weighted by atomic mass is 16.4. The van der Waals surface area contributed by atoms with Crippen LogP contribution in [0.4, 0.5) is 5.69 Å². The normalized spacial score (nSPS) is 12.4. The van der Waals surface area contributed by atoms with Crippen molar-refractivity contribution in [2.24, 2.45) is 0 Å². The van der Waals surface area contributed by atoms with Crippen molar-refractivity contribution in [2.75, 3.05) is 5.32 Å². The van der Waals surface area contributed by atoms with Crippen molar-refractivity contribution < 1.29 is 9.90 Å². The number of carboxylic acid groups (broad SMARTS) is 1. The Bertz CT molecular complexity index is 419. The Morgan fingerprint density at radius 3 is 2.44 bits per heavy atom. The second-order valence-electron chi connectivity index (χ2n) is 3.33. The molecule has 1 rings (SSSR count). The van der Waals surface area contributed by atoms with Crippen molar-refractivity contribution in [1.82, 2.24) is 0 Å². The van der Waals surface area contributed by atoms with Crippen molar-refractivity contribution in [3.63, 3.8) is 0 Å². The predicted molar refractivity (Wildman–Crippen MR) is 65.2 cm³/mol. The summed E-state index contributed by atoms with van der Waals surface area (Å²) in [5.74, 6) is -0.931. The molecule has 0 radical (unpaired) electrons. The number of hydrogen-bond acceptors (Lipinski definition) is 2. The summed E-state index contributed by atoms with van der Waals surface area (Å²) in [4.78, 5) is 11.0. The van der Waals surface area contributed by atoms with Gasteiger partial charge in [0.2, 0.25) is 0 Å². The summed E-state index contributed by atoms with van der Waals surface area (Å²) in [7, 11) is 0. The lowest BCUT2D eigenvalue weighted by Crippen LogP contribution is -2.06. The average molecular weight is 217 g/mol. The molecule has 0 spiro atoms. The van der Waals surface area contributed by atoms with Crippen molar-refractivity contribution in [3.05, 3.63) is 53.8 Å². The van der Waals surface area contributed by atoms with E-state index in [-0.39, 0.29) is 5.57 Å². The molecule has 0 aliphatic rings. The molecule has 0 unspecified atom stereocenters. The van der Waals surface area contributed by atoms with Gasteiger partial charge in [-0.1, -0.05) is 30.4 Å². The van der Waals surface area contributed by atoms with Crippen LogP contribution in [0.2, 0.25) is 0 Å². The zero-order valence-electron chi connectivity index (χ0n) is 9.40. The predicted octanol–water partition coefficient (Wildman–Crippen LogP) is 3.03. The molecule has 0 bridgehead atoms. The number of nitrogens with one attached hydrogen (secondary N) is 1. The molecule has 0 atom stereocenters.